The van der Waals surface area contributed by atoms with Crippen LogP contribution in [0.5, 0.6) is 17.2 Å². The molecule has 3 aromatic carbocycles. The number of hydrogen-bond acceptors (Lipinski definition) is 14. The highest BCUT2D eigenvalue weighted by molar-refractivity contribution is 5.94. The van der Waals surface area contributed by atoms with Gasteiger partial charge in [0.1, 0.15) is 19.8 Å². The lowest BCUT2D eigenvalue weighted by Gasteiger charge is -2.27. The maximum Gasteiger partial charge on any atom is 0.291 e. The molecular formula is C52H55N5O12. The standard InChI is InChI=1S/C24H29N3O4.2C14H13NO4/c25-13-19-8-4-7-18(11-19)12-24(16-27-24)15-26-23(29)22-21(20(28)9-10-30-22)31-14-17-5-2-1-3-6-17;2*1-15-14(17)13-12(11(16)7-8-18-13)19-9-10-5-3-2-4-6-10/h1-6,8-10,18-19,27H,7,11-16,25H2,(H,26,29);2*2-8H,9H2,1H3,(H,15,17). The molecule has 17 heteroatoms. The molecule has 0 saturated carbocycles. The maximum atomic E-state index is 12.8. The van der Waals surface area contributed by atoms with Crippen LogP contribution in [0.15, 0.2) is 168 Å². The summed E-state index contributed by atoms with van der Waals surface area (Å²) in [5.41, 5.74) is 7.25. The first kappa shape index (κ1) is 50.4. The SMILES string of the molecule is CNC(=O)c1occc(=O)c1OCc1ccccc1.CNC(=O)c1occc(=O)c1OCc1ccccc1.NCC1C=CCC(CC2(CNC(=O)c3occc(=O)c3OCc3ccccc3)CN2)C1. The molecule has 8 rings (SSSR count). The third-order valence-electron chi connectivity index (χ3n) is 11.0. The number of nitrogens with one attached hydrogen (secondary N) is 4. The fourth-order valence-corrected chi connectivity index (χ4v) is 7.27. The number of nitrogens with two attached hydrogens (primary N) is 1. The minimum absolute atomic E-state index is 0.0649. The summed E-state index contributed by atoms with van der Waals surface area (Å²) in [5.74, 6) is -1.02. The van der Waals surface area contributed by atoms with Gasteiger partial charge in [0.15, 0.2) is 0 Å². The molecule has 2 aliphatic rings. The van der Waals surface area contributed by atoms with Gasteiger partial charge in [0.2, 0.25) is 50.8 Å². The smallest absolute Gasteiger partial charge is 0.291 e. The average molecular weight is 942 g/mol. The van der Waals surface area contributed by atoms with Gasteiger partial charge in [-0.3, -0.25) is 28.8 Å². The Balaban J connectivity index is 0.000000179. The summed E-state index contributed by atoms with van der Waals surface area (Å²) < 4.78 is 31.9. The van der Waals surface area contributed by atoms with Crippen molar-refractivity contribution in [1.82, 2.24) is 21.3 Å². The number of ether oxygens (including phenoxy) is 3. The normalized spacial score (nSPS) is 16.5. The Morgan fingerprint density at radius 1 is 0.623 bits per heavy atom. The number of benzene rings is 3. The van der Waals surface area contributed by atoms with Crippen molar-refractivity contribution < 1.29 is 41.8 Å². The second kappa shape index (κ2) is 25.2. The van der Waals surface area contributed by atoms with Crippen LogP contribution in [0.25, 0.3) is 0 Å². The van der Waals surface area contributed by atoms with Crippen molar-refractivity contribution in [3.63, 3.8) is 0 Å². The third-order valence-corrected chi connectivity index (χ3v) is 11.0. The summed E-state index contributed by atoms with van der Waals surface area (Å²) in [5, 5.41) is 11.1. The molecule has 6 aromatic rings. The highest BCUT2D eigenvalue weighted by Crippen LogP contribution is 2.34. The van der Waals surface area contributed by atoms with Gasteiger partial charge >= 0.3 is 0 Å². The van der Waals surface area contributed by atoms with Crippen LogP contribution < -0.4 is 57.5 Å². The van der Waals surface area contributed by atoms with Crippen LogP contribution in [0.3, 0.4) is 0 Å². The average Bonchev–Trinajstić information content (AvgIpc) is 4.16. The van der Waals surface area contributed by atoms with Gasteiger partial charge in [-0.2, -0.15) is 0 Å². The van der Waals surface area contributed by atoms with Crippen LogP contribution in [-0.2, 0) is 19.8 Å². The minimum Gasteiger partial charge on any atom is -0.481 e. The van der Waals surface area contributed by atoms with Gasteiger partial charge in [-0.1, -0.05) is 103 Å². The van der Waals surface area contributed by atoms with Crippen LogP contribution in [0.1, 0.15) is 67.6 Å². The summed E-state index contributed by atoms with van der Waals surface area (Å²) in [6.45, 7) is 2.56. The molecule has 4 heterocycles. The molecule has 6 N–H and O–H groups in total. The fourth-order valence-electron chi connectivity index (χ4n) is 7.27. The summed E-state index contributed by atoms with van der Waals surface area (Å²) in [6.07, 6.45) is 11.1. The molecule has 69 heavy (non-hydrogen) atoms. The monoisotopic (exact) mass is 941 g/mol. The van der Waals surface area contributed by atoms with Gasteiger partial charge in [0, 0.05) is 50.9 Å². The zero-order chi connectivity index (χ0) is 49.0. The first-order valence-corrected chi connectivity index (χ1v) is 22.2. The van der Waals surface area contributed by atoms with E-state index in [-0.39, 0.29) is 76.2 Å². The molecule has 0 radical (unpaired) electrons. The number of allylic oxidation sites excluding steroid dienone is 1. The molecule has 1 fully saturated rings. The van der Waals surface area contributed by atoms with E-state index in [0.29, 0.717) is 24.9 Å². The molecule has 360 valence electrons. The van der Waals surface area contributed by atoms with Crippen molar-refractivity contribution in [1.29, 1.82) is 0 Å². The Hall–Kier alpha value is -8.02. The van der Waals surface area contributed by atoms with E-state index in [1.165, 1.54) is 51.1 Å². The number of carbonyl (C=O) groups is 3. The van der Waals surface area contributed by atoms with Crippen LogP contribution in [-0.4, -0.2) is 57.0 Å². The van der Waals surface area contributed by atoms with Gasteiger partial charge in [-0.25, -0.2) is 0 Å². The minimum atomic E-state index is -0.499. The number of carbonyl (C=O) groups excluding carboxylic acids is 3. The first-order chi connectivity index (χ1) is 33.5. The summed E-state index contributed by atoms with van der Waals surface area (Å²) in [6, 6.07) is 31.8. The van der Waals surface area contributed by atoms with Gasteiger partial charge in [-0.05, 0) is 54.3 Å². The fraction of sp³-hybridized carbons (Fsp3) is 0.269. The van der Waals surface area contributed by atoms with E-state index in [2.05, 4.69) is 33.4 Å². The second-order valence-corrected chi connectivity index (χ2v) is 16.1. The van der Waals surface area contributed by atoms with E-state index in [1.54, 1.807) is 0 Å². The molecule has 3 amide bonds. The van der Waals surface area contributed by atoms with Crippen LogP contribution in [0.4, 0.5) is 0 Å². The summed E-state index contributed by atoms with van der Waals surface area (Å²) in [4.78, 5) is 71.7. The van der Waals surface area contributed by atoms with Crippen molar-refractivity contribution in [2.75, 3.05) is 33.7 Å². The molecule has 1 saturated heterocycles. The number of rotatable bonds is 17. The van der Waals surface area contributed by atoms with Gasteiger partial charge < -0.3 is 54.5 Å². The van der Waals surface area contributed by atoms with E-state index in [0.717, 1.165) is 42.5 Å². The molecule has 3 aromatic heterocycles. The Morgan fingerprint density at radius 3 is 1.38 bits per heavy atom. The number of amides is 3. The van der Waals surface area contributed by atoms with Gasteiger partial charge in [0.05, 0.1) is 18.8 Å². The molecule has 1 aliphatic carbocycles. The molecule has 17 nitrogen and oxygen atoms in total. The van der Waals surface area contributed by atoms with Crippen molar-refractivity contribution in [2.45, 2.75) is 44.6 Å². The summed E-state index contributed by atoms with van der Waals surface area (Å²) in [7, 11) is 2.91. The maximum absolute atomic E-state index is 12.8. The molecule has 0 spiro atoms. The van der Waals surface area contributed by atoms with Crippen molar-refractivity contribution >= 4 is 17.7 Å². The Kier molecular flexibility index (Phi) is 18.4. The van der Waals surface area contributed by atoms with E-state index in [9.17, 15) is 28.8 Å². The van der Waals surface area contributed by atoms with E-state index < -0.39 is 17.7 Å². The van der Waals surface area contributed by atoms with E-state index in [1.807, 2.05) is 91.0 Å². The van der Waals surface area contributed by atoms with Crippen LogP contribution in [0.2, 0.25) is 0 Å². The quantitative estimate of drug-likeness (QED) is 0.0569. The number of hydrogen-bond donors (Lipinski definition) is 5. The van der Waals surface area contributed by atoms with Gasteiger partial charge in [-0.15, -0.1) is 0 Å². The van der Waals surface area contributed by atoms with Crippen LogP contribution >= 0.6 is 0 Å². The predicted molar refractivity (Wildman–Crippen MR) is 256 cm³/mol. The molecule has 3 unspecified atom stereocenters. The van der Waals surface area contributed by atoms with Crippen molar-refractivity contribution in [3.05, 3.63) is 205 Å². The first-order valence-electron chi connectivity index (χ1n) is 22.2. The highest BCUT2D eigenvalue weighted by Gasteiger charge is 2.44. The zero-order valence-corrected chi connectivity index (χ0v) is 38.3. The largest absolute Gasteiger partial charge is 0.481 e. The lowest BCUT2D eigenvalue weighted by Crippen LogP contribution is -2.38. The second-order valence-electron chi connectivity index (χ2n) is 16.1. The topological polar surface area (TPSA) is 254 Å². The van der Waals surface area contributed by atoms with Crippen molar-refractivity contribution in [2.24, 2.45) is 17.6 Å². The molecular weight excluding hydrogens is 887 g/mol. The predicted octanol–water partition coefficient (Wildman–Crippen LogP) is 5.38. The zero-order valence-electron chi connectivity index (χ0n) is 38.3. The molecule has 1 aliphatic heterocycles. The molecule has 0 bridgehead atoms. The Morgan fingerprint density at radius 2 is 1.01 bits per heavy atom. The van der Waals surface area contributed by atoms with Gasteiger partial charge in [0.25, 0.3) is 17.7 Å². The van der Waals surface area contributed by atoms with E-state index in [4.69, 9.17) is 33.2 Å². The van der Waals surface area contributed by atoms with Crippen molar-refractivity contribution in [3.8, 4) is 17.2 Å². The highest BCUT2D eigenvalue weighted by atomic mass is 16.5. The lowest BCUT2D eigenvalue weighted by molar-refractivity contribution is 0.0905. The lowest BCUT2D eigenvalue weighted by atomic mass is 9.81. The summed E-state index contributed by atoms with van der Waals surface area (Å²) >= 11 is 0. The Bertz CT molecular complexity index is 2710. The molecule has 3 atom stereocenters. The van der Waals surface area contributed by atoms with E-state index >= 15 is 0 Å². The Labute approximate surface area is 397 Å². The van der Waals surface area contributed by atoms with Crippen LogP contribution in [0, 0.1) is 11.8 Å². The third kappa shape index (κ3) is 14.7.